The third-order valence-corrected chi connectivity index (χ3v) is 1.03. The molecule has 0 aliphatic rings. The van der Waals surface area contributed by atoms with Gasteiger partial charge >= 0.3 is 0 Å². The molecule has 1 unspecified atom stereocenters. The van der Waals surface area contributed by atoms with Crippen molar-refractivity contribution in [3.05, 3.63) is 24.5 Å². The number of pyridine rings is 1. The Kier molecular flexibility index (Phi) is 4.22. The molecule has 45 valence electrons. The molecule has 0 bridgehead atoms. The summed E-state index contributed by atoms with van der Waals surface area (Å²) in [5.41, 5.74) is 0. The molecule has 1 radical (unpaired) electrons. The van der Waals surface area contributed by atoms with Crippen LogP contribution in [-0.4, -0.2) is 4.98 Å². The molecule has 0 N–H and O–H groups in total. The van der Waals surface area contributed by atoms with Gasteiger partial charge in [0.25, 0.3) is 0 Å². The predicted octanol–water partition coefficient (Wildman–Crippen LogP) is 0.580. The van der Waals surface area contributed by atoms with Crippen molar-refractivity contribution < 1.29 is 19.5 Å². The Labute approximate surface area is 63.9 Å². The Hall–Kier alpha value is 0.203. The second-order valence-electron chi connectivity index (χ2n) is 1.29. The van der Waals surface area contributed by atoms with Gasteiger partial charge in [0.15, 0.2) is 0 Å². The van der Waals surface area contributed by atoms with E-state index in [1.165, 1.54) is 0 Å². The predicted molar refractivity (Wildman–Crippen MR) is 33.6 cm³/mol. The van der Waals surface area contributed by atoms with Crippen LogP contribution in [0.4, 0.5) is 0 Å². The van der Waals surface area contributed by atoms with E-state index in [0.29, 0.717) is 0 Å². The third-order valence-electron chi connectivity index (χ3n) is 0.684. The average Bonchev–Trinajstić information content (AvgIpc) is 1.69. The van der Waals surface area contributed by atoms with E-state index < -0.39 is 0 Å². The van der Waals surface area contributed by atoms with Crippen LogP contribution >= 0.6 is 9.24 Å². The van der Waals surface area contributed by atoms with Gasteiger partial charge in [0, 0.05) is 31.9 Å². The van der Waals surface area contributed by atoms with Gasteiger partial charge in [-0.05, 0) is 11.4 Å². The van der Waals surface area contributed by atoms with Crippen molar-refractivity contribution in [3.8, 4) is 0 Å². The van der Waals surface area contributed by atoms with Crippen LogP contribution in [0.5, 0.6) is 0 Å². The van der Waals surface area contributed by atoms with Gasteiger partial charge in [-0.1, -0.05) is 6.07 Å². The van der Waals surface area contributed by atoms with Crippen molar-refractivity contribution in [2.45, 2.75) is 0 Å². The fraction of sp³-hybridized carbons (Fsp3) is 0. The van der Waals surface area contributed by atoms with Crippen molar-refractivity contribution in [2.24, 2.45) is 0 Å². The van der Waals surface area contributed by atoms with Crippen LogP contribution in [0.3, 0.4) is 0 Å². The molecule has 0 aliphatic carbocycles. The topological polar surface area (TPSA) is 12.9 Å². The number of hydrogen-bond donors (Lipinski definition) is 0. The van der Waals surface area contributed by atoms with Gasteiger partial charge in [-0.2, -0.15) is 0 Å². The summed E-state index contributed by atoms with van der Waals surface area (Å²) >= 11 is 0. The average molecular weight is 214 g/mol. The van der Waals surface area contributed by atoms with Gasteiger partial charge in [0.2, 0.25) is 0 Å². The van der Waals surface area contributed by atoms with Gasteiger partial charge in [-0.3, -0.25) is 4.98 Å². The molecule has 3 heteroatoms. The van der Waals surface area contributed by atoms with E-state index in [2.05, 4.69) is 14.2 Å². The van der Waals surface area contributed by atoms with Crippen molar-refractivity contribution in [1.29, 1.82) is 0 Å². The summed E-state index contributed by atoms with van der Waals surface area (Å²) in [6.45, 7) is 0. The van der Waals surface area contributed by atoms with Crippen molar-refractivity contribution >= 4 is 14.5 Å². The largest absolute Gasteiger partial charge is 0.264 e. The first-order valence-corrected chi connectivity index (χ1v) is 2.63. The molecule has 1 rings (SSSR count). The zero-order valence-corrected chi connectivity index (χ0v) is 6.96. The number of aromatic nitrogens is 1. The molecule has 1 nitrogen and oxygen atoms in total. The maximum Gasteiger partial charge on any atom is 0.0339 e. The minimum atomic E-state index is 0. The quantitative estimate of drug-likeness (QED) is 0.454. The Morgan fingerprint density at radius 2 is 2.25 bits per heavy atom. The number of hydrogen-bond acceptors (Lipinski definition) is 1. The summed E-state index contributed by atoms with van der Waals surface area (Å²) in [7, 11) is 2.57. The molecule has 0 amide bonds. The first-order valence-electron chi connectivity index (χ1n) is 2.05. The van der Waals surface area contributed by atoms with E-state index in [9.17, 15) is 0 Å². The van der Waals surface area contributed by atoms with Crippen LogP contribution in [0, 0.1) is 0 Å². The molecular formula is C5H6NPRh. The van der Waals surface area contributed by atoms with Crippen LogP contribution < -0.4 is 5.30 Å². The van der Waals surface area contributed by atoms with E-state index in [4.69, 9.17) is 0 Å². The summed E-state index contributed by atoms with van der Waals surface area (Å²) in [5, 5.41) is 1.13. The minimum absolute atomic E-state index is 0. The van der Waals surface area contributed by atoms with E-state index in [1.54, 1.807) is 12.4 Å². The third kappa shape index (κ3) is 2.50. The van der Waals surface area contributed by atoms with Crippen molar-refractivity contribution in [1.82, 2.24) is 4.98 Å². The van der Waals surface area contributed by atoms with Gasteiger partial charge < -0.3 is 0 Å². The monoisotopic (exact) mass is 214 g/mol. The molecule has 0 aromatic carbocycles. The van der Waals surface area contributed by atoms with Crippen LogP contribution in [0.1, 0.15) is 0 Å². The zero-order valence-electron chi connectivity index (χ0n) is 4.17. The summed E-state index contributed by atoms with van der Waals surface area (Å²) < 4.78 is 0. The maximum atomic E-state index is 3.86. The molecule has 8 heavy (non-hydrogen) atoms. The summed E-state index contributed by atoms with van der Waals surface area (Å²) in [4.78, 5) is 3.86. The van der Waals surface area contributed by atoms with E-state index in [-0.39, 0.29) is 19.5 Å². The fourth-order valence-electron chi connectivity index (χ4n) is 0.376. The standard InChI is InChI=1S/C5H6NP.Rh/c7-5-2-1-3-6-4-5;/h1-4H,7H2;. The molecule has 0 fully saturated rings. The van der Waals surface area contributed by atoms with E-state index in [0.717, 1.165) is 5.30 Å². The van der Waals surface area contributed by atoms with Crippen LogP contribution in [0.2, 0.25) is 0 Å². The summed E-state index contributed by atoms with van der Waals surface area (Å²) in [5.74, 6) is 0. The summed E-state index contributed by atoms with van der Waals surface area (Å²) in [6, 6.07) is 3.89. The second kappa shape index (κ2) is 4.12. The smallest absolute Gasteiger partial charge is 0.0339 e. The Bertz CT molecular complexity index is 142. The first-order chi connectivity index (χ1) is 3.39. The Morgan fingerprint density at radius 1 is 1.50 bits per heavy atom. The van der Waals surface area contributed by atoms with E-state index >= 15 is 0 Å². The van der Waals surface area contributed by atoms with Gasteiger partial charge in [-0.25, -0.2) is 0 Å². The van der Waals surface area contributed by atoms with Gasteiger partial charge in [0.05, 0.1) is 0 Å². The van der Waals surface area contributed by atoms with Crippen LogP contribution in [-0.2, 0) is 19.5 Å². The number of nitrogens with zero attached hydrogens (tertiary/aromatic N) is 1. The molecule has 0 aliphatic heterocycles. The van der Waals surface area contributed by atoms with E-state index in [1.807, 2.05) is 12.1 Å². The second-order valence-corrected chi connectivity index (χ2v) is 1.95. The Morgan fingerprint density at radius 3 is 2.50 bits per heavy atom. The molecular weight excluding hydrogens is 208 g/mol. The molecule has 0 saturated heterocycles. The SMILES string of the molecule is Pc1cccnc1.[Rh]. The van der Waals surface area contributed by atoms with Gasteiger partial charge in [-0.15, -0.1) is 9.24 Å². The first kappa shape index (κ1) is 8.20. The molecule has 1 aromatic heterocycles. The molecule has 0 saturated carbocycles. The van der Waals surface area contributed by atoms with Crippen molar-refractivity contribution in [3.63, 3.8) is 0 Å². The fourth-order valence-corrected chi connectivity index (χ4v) is 0.573. The maximum absolute atomic E-state index is 3.86. The van der Waals surface area contributed by atoms with Crippen LogP contribution in [0.15, 0.2) is 24.5 Å². The normalized spacial score (nSPS) is 7.62. The Balaban J connectivity index is 0.000000490. The molecule has 1 heterocycles. The summed E-state index contributed by atoms with van der Waals surface area (Å²) in [6.07, 6.45) is 3.55. The van der Waals surface area contributed by atoms with Crippen molar-refractivity contribution in [2.75, 3.05) is 0 Å². The molecule has 1 aromatic rings. The molecule has 0 spiro atoms. The minimum Gasteiger partial charge on any atom is -0.264 e. The van der Waals surface area contributed by atoms with Gasteiger partial charge in [0.1, 0.15) is 0 Å². The zero-order chi connectivity index (χ0) is 5.11. The van der Waals surface area contributed by atoms with Crippen LogP contribution in [0.25, 0.3) is 0 Å². The number of rotatable bonds is 0. The molecule has 1 atom stereocenters.